The summed E-state index contributed by atoms with van der Waals surface area (Å²) in [6.45, 7) is 5.24. The van der Waals surface area contributed by atoms with E-state index in [1.807, 2.05) is 13.8 Å². The quantitative estimate of drug-likeness (QED) is 0.683. The van der Waals surface area contributed by atoms with Crippen molar-refractivity contribution in [2.45, 2.75) is 57.5 Å². The molecule has 0 radical (unpaired) electrons. The van der Waals surface area contributed by atoms with Gasteiger partial charge in [0, 0.05) is 24.8 Å². The Balaban J connectivity index is 2.44. The fourth-order valence-corrected chi connectivity index (χ4v) is 2.23. The molecule has 1 aliphatic rings. The Labute approximate surface area is 113 Å². The highest BCUT2D eigenvalue weighted by atomic mass is 16.5. The van der Waals surface area contributed by atoms with Crippen LogP contribution in [-0.2, 0) is 9.53 Å². The van der Waals surface area contributed by atoms with Gasteiger partial charge in [-0.2, -0.15) is 0 Å². The molecule has 1 unspecified atom stereocenters. The minimum Gasteiger partial charge on any atom is -0.481 e. The topological polar surface area (TPSA) is 87.7 Å². The average Bonchev–Trinajstić information content (AvgIpc) is 2.28. The molecular weight excluding hydrogens is 248 g/mol. The third-order valence-corrected chi connectivity index (χ3v) is 3.41. The van der Waals surface area contributed by atoms with Gasteiger partial charge in [-0.15, -0.1) is 0 Å². The highest BCUT2D eigenvalue weighted by Gasteiger charge is 2.29. The first-order valence-corrected chi connectivity index (χ1v) is 6.83. The van der Waals surface area contributed by atoms with Crippen LogP contribution in [0.4, 0.5) is 4.79 Å². The summed E-state index contributed by atoms with van der Waals surface area (Å²) in [5, 5.41) is 14.5. The van der Waals surface area contributed by atoms with Gasteiger partial charge in [0.15, 0.2) is 0 Å². The minimum absolute atomic E-state index is 0.0406. The van der Waals surface area contributed by atoms with Crippen molar-refractivity contribution >= 4 is 12.0 Å². The molecule has 0 bridgehead atoms. The normalized spacial score (nSPS) is 19.5. The molecule has 1 saturated heterocycles. The summed E-state index contributed by atoms with van der Waals surface area (Å²) in [6.07, 6.45) is 3.01. The molecule has 6 nitrogen and oxygen atoms in total. The largest absolute Gasteiger partial charge is 0.481 e. The van der Waals surface area contributed by atoms with Crippen LogP contribution >= 0.6 is 0 Å². The Morgan fingerprint density at radius 3 is 2.53 bits per heavy atom. The number of hydrogen-bond acceptors (Lipinski definition) is 3. The highest BCUT2D eigenvalue weighted by molar-refractivity contribution is 5.76. The first-order chi connectivity index (χ1) is 8.95. The maximum absolute atomic E-state index is 11.9. The summed E-state index contributed by atoms with van der Waals surface area (Å²) in [7, 11) is 0. The Morgan fingerprint density at radius 1 is 1.37 bits per heavy atom. The van der Waals surface area contributed by atoms with Crippen LogP contribution in [-0.4, -0.2) is 41.9 Å². The number of carbonyl (C=O) groups excluding carboxylic acids is 1. The van der Waals surface area contributed by atoms with E-state index in [4.69, 9.17) is 9.84 Å². The molecule has 1 fully saturated rings. The van der Waals surface area contributed by atoms with Gasteiger partial charge in [0.05, 0.1) is 6.42 Å². The molecule has 0 aromatic carbocycles. The molecule has 6 heteroatoms. The van der Waals surface area contributed by atoms with Crippen LogP contribution in [0.25, 0.3) is 0 Å². The number of carboxylic acid groups (broad SMARTS) is 1. The molecule has 3 N–H and O–H groups in total. The van der Waals surface area contributed by atoms with E-state index in [1.54, 1.807) is 0 Å². The second-order valence-corrected chi connectivity index (χ2v) is 5.35. The molecule has 1 atom stereocenters. The Hall–Kier alpha value is -1.30. The van der Waals surface area contributed by atoms with Gasteiger partial charge >= 0.3 is 12.0 Å². The predicted molar refractivity (Wildman–Crippen MR) is 71.1 cm³/mol. The van der Waals surface area contributed by atoms with Crippen molar-refractivity contribution < 1.29 is 19.4 Å². The van der Waals surface area contributed by atoms with Gasteiger partial charge in [-0.25, -0.2) is 4.79 Å². The zero-order valence-corrected chi connectivity index (χ0v) is 11.7. The van der Waals surface area contributed by atoms with Gasteiger partial charge in [-0.3, -0.25) is 4.79 Å². The lowest BCUT2D eigenvalue weighted by Gasteiger charge is -2.34. The third-order valence-electron chi connectivity index (χ3n) is 3.41. The number of carboxylic acids is 1. The van der Waals surface area contributed by atoms with Crippen LogP contribution in [0.15, 0.2) is 0 Å². The van der Waals surface area contributed by atoms with Gasteiger partial charge in [0.2, 0.25) is 0 Å². The van der Waals surface area contributed by atoms with Crippen molar-refractivity contribution in [1.82, 2.24) is 10.6 Å². The van der Waals surface area contributed by atoms with E-state index < -0.39 is 5.97 Å². The molecule has 0 aromatic rings. The molecule has 1 rings (SSSR count). The van der Waals surface area contributed by atoms with Crippen molar-refractivity contribution in [3.63, 3.8) is 0 Å². The van der Waals surface area contributed by atoms with E-state index in [-0.39, 0.29) is 24.0 Å². The molecule has 0 spiro atoms. The van der Waals surface area contributed by atoms with E-state index in [9.17, 15) is 9.59 Å². The molecule has 1 aliphatic heterocycles. The zero-order valence-electron chi connectivity index (χ0n) is 11.7. The lowest BCUT2D eigenvalue weighted by atomic mass is 9.93. The number of rotatable bonds is 6. The predicted octanol–water partition coefficient (Wildman–Crippen LogP) is 1.50. The maximum atomic E-state index is 11.9. The molecule has 0 saturated carbocycles. The van der Waals surface area contributed by atoms with E-state index >= 15 is 0 Å². The zero-order chi connectivity index (χ0) is 14.3. The second kappa shape index (κ2) is 7.33. The number of nitrogens with one attached hydrogen (secondary N) is 2. The number of carbonyl (C=O) groups is 2. The first kappa shape index (κ1) is 15.8. The summed E-state index contributed by atoms with van der Waals surface area (Å²) in [5.74, 6) is -0.893. The molecule has 110 valence electrons. The smallest absolute Gasteiger partial charge is 0.315 e. The summed E-state index contributed by atoms with van der Waals surface area (Å²) in [4.78, 5) is 22.7. The number of aliphatic carboxylic acids is 1. The van der Waals surface area contributed by atoms with E-state index in [2.05, 4.69) is 10.6 Å². The van der Waals surface area contributed by atoms with Crippen LogP contribution in [0.3, 0.4) is 0 Å². The minimum atomic E-state index is -0.893. The second-order valence-electron chi connectivity index (χ2n) is 5.35. The Bertz CT molecular complexity index is 314. The van der Waals surface area contributed by atoms with Gasteiger partial charge in [0.25, 0.3) is 0 Å². The van der Waals surface area contributed by atoms with Crippen molar-refractivity contribution in [1.29, 1.82) is 0 Å². The number of amides is 2. The highest BCUT2D eigenvalue weighted by Crippen LogP contribution is 2.19. The molecule has 1 heterocycles. The molecule has 19 heavy (non-hydrogen) atoms. The molecule has 0 aliphatic carbocycles. The standard InChI is InChI=1S/C13H24N2O4/c1-3-4-10(9-11(16)17)14-12(18)15-13(2)5-7-19-8-6-13/h10H,3-9H2,1-2H3,(H,16,17)(H2,14,15,18). The van der Waals surface area contributed by atoms with E-state index in [1.165, 1.54) is 0 Å². The van der Waals surface area contributed by atoms with Crippen molar-refractivity contribution in [2.24, 2.45) is 0 Å². The van der Waals surface area contributed by atoms with Gasteiger partial charge in [0.1, 0.15) is 0 Å². The van der Waals surface area contributed by atoms with E-state index in [0.717, 1.165) is 19.3 Å². The monoisotopic (exact) mass is 272 g/mol. The Morgan fingerprint density at radius 2 is 2.00 bits per heavy atom. The lowest BCUT2D eigenvalue weighted by Crippen LogP contribution is -2.54. The van der Waals surface area contributed by atoms with Gasteiger partial charge in [-0.05, 0) is 26.2 Å². The van der Waals surface area contributed by atoms with Crippen LogP contribution in [0.2, 0.25) is 0 Å². The molecule has 0 aromatic heterocycles. The number of urea groups is 1. The lowest BCUT2D eigenvalue weighted by molar-refractivity contribution is -0.137. The van der Waals surface area contributed by atoms with Gasteiger partial charge in [-0.1, -0.05) is 13.3 Å². The van der Waals surface area contributed by atoms with Crippen LogP contribution in [0, 0.1) is 0 Å². The summed E-state index contributed by atoms with van der Waals surface area (Å²) in [5.41, 5.74) is -0.262. The van der Waals surface area contributed by atoms with Crippen molar-refractivity contribution in [3.05, 3.63) is 0 Å². The maximum Gasteiger partial charge on any atom is 0.315 e. The number of ether oxygens (including phenoxy) is 1. The first-order valence-electron chi connectivity index (χ1n) is 6.83. The van der Waals surface area contributed by atoms with E-state index in [0.29, 0.717) is 19.6 Å². The number of hydrogen-bond donors (Lipinski definition) is 3. The third kappa shape index (κ3) is 5.92. The fourth-order valence-electron chi connectivity index (χ4n) is 2.23. The van der Waals surface area contributed by atoms with Crippen molar-refractivity contribution in [3.8, 4) is 0 Å². The SMILES string of the molecule is CCCC(CC(=O)O)NC(=O)NC1(C)CCOCC1. The van der Waals surface area contributed by atoms with Crippen molar-refractivity contribution in [2.75, 3.05) is 13.2 Å². The summed E-state index contributed by atoms with van der Waals surface area (Å²) < 4.78 is 5.27. The fraction of sp³-hybridized carbons (Fsp3) is 0.846. The summed E-state index contributed by atoms with van der Waals surface area (Å²) >= 11 is 0. The van der Waals surface area contributed by atoms with Crippen LogP contribution in [0.5, 0.6) is 0 Å². The van der Waals surface area contributed by atoms with Crippen LogP contribution in [0.1, 0.15) is 46.0 Å². The molecular formula is C13H24N2O4. The molecule has 2 amide bonds. The van der Waals surface area contributed by atoms with Gasteiger partial charge < -0.3 is 20.5 Å². The Kier molecular flexibility index (Phi) is 6.08. The summed E-state index contributed by atoms with van der Waals surface area (Å²) in [6, 6.07) is -0.602. The average molecular weight is 272 g/mol. The van der Waals surface area contributed by atoms with Crippen LogP contribution < -0.4 is 10.6 Å².